The smallest absolute Gasteiger partial charge is 0.105 e. The van der Waals surface area contributed by atoms with E-state index in [0.717, 1.165) is 44.8 Å². The lowest BCUT2D eigenvalue weighted by atomic mass is 10.0. The Morgan fingerprint density at radius 1 is 1.38 bits per heavy atom. The van der Waals surface area contributed by atoms with Crippen molar-refractivity contribution in [2.75, 3.05) is 26.3 Å². The second-order valence-electron chi connectivity index (χ2n) is 4.81. The van der Waals surface area contributed by atoms with Crippen molar-refractivity contribution in [3.8, 4) is 0 Å². The summed E-state index contributed by atoms with van der Waals surface area (Å²) in [5, 5.41) is 0. The van der Waals surface area contributed by atoms with Crippen molar-refractivity contribution < 1.29 is 4.74 Å². The molecule has 16 heavy (non-hydrogen) atoms. The highest BCUT2D eigenvalue weighted by atomic mass is 32.1. The summed E-state index contributed by atoms with van der Waals surface area (Å²) in [4.78, 5) is 7.09. The van der Waals surface area contributed by atoms with Crippen LogP contribution in [0.15, 0.2) is 16.8 Å². The number of nitrogens with zero attached hydrogens (tertiary/aromatic N) is 2. The predicted octanol–water partition coefficient (Wildman–Crippen LogP) is 2.10. The number of morpholine rings is 1. The van der Waals surface area contributed by atoms with Crippen molar-refractivity contribution >= 4 is 18.5 Å². The van der Waals surface area contributed by atoms with E-state index in [1.54, 1.807) is 0 Å². The molecule has 0 aromatic heterocycles. The Morgan fingerprint density at radius 3 is 2.69 bits per heavy atom. The molecule has 0 bridgehead atoms. The lowest BCUT2D eigenvalue weighted by Crippen LogP contribution is -2.41. The highest BCUT2D eigenvalue weighted by Gasteiger charge is 2.23. The topological polar surface area (TPSA) is 24.8 Å². The van der Waals surface area contributed by atoms with Gasteiger partial charge in [-0.1, -0.05) is 6.08 Å². The highest BCUT2D eigenvalue weighted by molar-refractivity contribution is 7.82. The molecule has 0 aliphatic carbocycles. The summed E-state index contributed by atoms with van der Waals surface area (Å²) < 4.78 is 5.22. The number of ether oxygens (including phenoxy) is 1. The van der Waals surface area contributed by atoms with Crippen LogP contribution in [0.5, 0.6) is 0 Å². The second-order valence-corrected chi connectivity index (χ2v) is 5.93. The monoisotopic (exact) mass is 240 g/mol. The van der Waals surface area contributed by atoms with Crippen molar-refractivity contribution in [1.82, 2.24) is 4.90 Å². The van der Waals surface area contributed by atoms with Crippen LogP contribution in [-0.4, -0.2) is 41.8 Å². The third-order valence-electron chi connectivity index (χ3n) is 2.96. The second kappa shape index (κ2) is 4.80. The van der Waals surface area contributed by atoms with E-state index >= 15 is 0 Å². The maximum atomic E-state index is 5.36. The summed E-state index contributed by atoms with van der Waals surface area (Å²) in [7, 11) is 0. The van der Waals surface area contributed by atoms with Crippen molar-refractivity contribution in [1.29, 1.82) is 0 Å². The van der Waals surface area contributed by atoms with E-state index in [0.29, 0.717) is 0 Å². The minimum Gasteiger partial charge on any atom is -0.378 e. The SMILES string of the molecule is CC(C)(S)C1=CCCC(N2CCOCC2)=N1. The van der Waals surface area contributed by atoms with Gasteiger partial charge in [-0.15, -0.1) is 0 Å². The molecule has 90 valence electrons. The summed E-state index contributed by atoms with van der Waals surface area (Å²) in [6, 6.07) is 0. The Labute approximate surface area is 103 Å². The fraction of sp³-hybridized carbons (Fsp3) is 0.750. The molecule has 1 saturated heterocycles. The van der Waals surface area contributed by atoms with Gasteiger partial charge in [0, 0.05) is 24.3 Å². The predicted molar refractivity (Wildman–Crippen MR) is 70.2 cm³/mol. The molecule has 0 atom stereocenters. The van der Waals surface area contributed by atoms with Gasteiger partial charge in [-0.25, -0.2) is 4.99 Å². The van der Waals surface area contributed by atoms with Crippen LogP contribution in [0.4, 0.5) is 0 Å². The van der Waals surface area contributed by atoms with Gasteiger partial charge in [-0.3, -0.25) is 0 Å². The number of hydrogen-bond donors (Lipinski definition) is 1. The third-order valence-corrected chi connectivity index (χ3v) is 3.19. The van der Waals surface area contributed by atoms with Gasteiger partial charge in [0.2, 0.25) is 0 Å². The zero-order chi connectivity index (χ0) is 11.6. The molecule has 0 spiro atoms. The Bertz CT molecular complexity index is 311. The van der Waals surface area contributed by atoms with Gasteiger partial charge in [0.05, 0.1) is 18.9 Å². The summed E-state index contributed by atoms with van der Waals surface area (Å²) in [5.74, 6) is 1.21. The molecule has 1 fully saturated rings. The van der Waals surface area contributed by atoms with E-state index in [1.165, 1.54) is 5.84 Å². The molecule has 0 amide bonds. The first-order valence-electron chi connectivity index (χ1n) is 5.90. The molecule has 3 nitrogen and oxygen atoms in total. The molecule has 0 aromatic rings. The lowest BCUT2D eigenvalue weighted by molar-refractivity contribution is 0.0671. The Morgan fingerprint density at radius 2 is 2.06 bits per heavy atom. The molecular formula is C12H20N2OS. The molecule has 0 unspecified atom stereocenters. The van der Waals surface area contributed by atoms with Crippen LogP contribution in [-0.2, 0) is 4.74 Å². The molecule has 0 aromatic carbocycles. The van der Waals surface area contributed by atoms with Crippen molar-refractivity contribution in [2.24, 2.45) is 4.99 Å². The molecule has 2 aliphatic heterocycles. The largest absolute Gasteiger partial charge is 0.378 e. The van der Waals surface area contributed by atoms with E-state index in [4.69, 9.17) is 9.73 Å². The number of hydrogen-bond acceptors (Lipinski definition) is 4. The minimum atomic E-state index is -0.141. The molecule has 2 heterocycles. The van der Waals surface area contributed by atoms with Gasteiger partial charge < -0.3 is 9.64 Å². The van der Waals surface area contributed by atoms with Crippen LogP contribution in [0.25, 0.3) is 0 Å². The first-order chi connectivity index (χ1) is 7.57. The number of aliphatic imine (C=N–C) groups is 1. The highest BCUT2D eigenvalue weighted by Crippen LogP contribution is 2.28. The first-order valence-corrected chi connectivity index (χ1v) is 6.35. The van der Waals surface area contributed by atoms with E-state index in [2.05, 4.69) is 37.5 Å². The molecule has 0 radical (unpaired) electrons. The van der Waals surface area contributed by atoms with Gasteiger partial charge in [-0.2, -0.15) is 12.6 Å². The summed E-state index contributed by atoms with van der Waals surface area (Å²) >= 11 is 4.58. The fourth-order valence-electron chi connectivity index (χ4n) is 2.02. The number of amidine groups is 1. The standard InChI is InChI=1S/C12H20N2OS/c1-12(2,16)10-4-3-5-11(13-10)14-6-8-15-9-7-14/h4,16H,3,5-9H2,1-2H3. The fourth-order valence-corrected chi connectivity index (χ4v) is 2.16. The average molecular weight is 240 g/mol. The summed E-state index contributed by atoms with van der Waals surface area (Å²) in [5.41, 5.74) is 1.10. The van der Waals surface area contributed by atoms with Crippen LogP contribution in [0.2, 0.25) is 0 Å². The Hall–Kier alpha value is -0.480. The van der Waals surface area contributed by atoms with Crippen molar-refractivity contribution in [3.63, 3.8) is 0 Å². The van der Waals surface area contributed by atoms with Gasteiger partial charge in [0.15, 0.2) is 0 Å². The van der Waals surface area contributed by atoms with Gasteiger partial charge in [0.25, 0.3) is 0 Å². The van der Waals surface area contributed by atoms with Crippen LogP contribution < -0.4 is 0 Å². The van der Waals surface area contributed by atoms with E-state index in [-0.39, 0.29) is 4.75 Å². The molecule has 0 N–H and O–H groups in total. The van der Waals surface area contributed by atoms with Gasteiger partial charge >= 0.3 is 0 Å². The minimum absolute atomic E-state index is 0.141. The van der Waals surface area contributed by atoms with Crippen LogP contribution in [0.3, 0.4) is 0 Å². The van der Waals surface area contributed by atoms with E-state index in [1.807, 2.05) is 0 Å². The van der Waals surface area contributed by atoms with Crippen LogP contribution >= 0.6 is 12.6 Å². The van der Waals surface area contributed by atoms with Crippen LogP contribution in [0, 0.1) is 0 Å². The van der Waals surface area contributed by atoms with E-state index < -0.39 is 0 Å². The zero-order valence-corrected chi connectivity index (χ0v) is 11.0. The molecule has 4 heteroatoms. The molecule has 2 rings (SSSR count). The lowest BCUT2D eigenvalue weighted by Gasteiger charge is -2.32. The van der Waals surface area contributed by atoms with Gasteiger partial charge in [0.1, 0.15) is 5.84 Å². The average Bonchev–Trinajstić information content (AvgIpc) is 2.29. The van der Waals surface area contributed by atoms with E-state index in [9.17, 15) is 0 Å². The van der Waals surface area contributed by atoms with Crippen molar-refractivity contribution in [3.05, 3.63) is 11.8 Å². The zero-order valence-electron chi connectivity index (χ0n) is 10.1. The summed E-state index contributed by atoms with van der Waals surface area (Å²) in [6.07, 6.45) is 4.33. The number of rotatable bonds is 1. The summed E-state index contributed by atoms with van der Waals surface area (Å²) in [6.45, 7) is 7.77. The molecule has 0 saturated carbocycles. The quantitative estimate of drug-likeness (QED) is 0.710. The normalized spacial score (nSPS) is 22.8. The third kappa shape index (κ3) is 2.80. The Kier molecular flexibility index (Phi) is 3.60. The Balaban J connectivity index is 2.10. The van der Waals surface area contributed by atoms with Crippen LogP contribution in [0.1, 0.15) is 26.7 Å². The first kappa shape index (κ1) is 12.0. The van der Waals surface area contributed by atoms with Crippen molar-refractivity contribution in [2.45, 2.75) is 31.4 Å². The number of thiol groups is 1. The molecule has 2 aliphatic rings. The number of allylic oxidation sites excluding steroid dienone is 1. The molecular weight excluding hydrogens is 220 g/mol. The van der Waals surface area contributed by atoms with Gasteiger partial charge in [-0.05, 0) is 20.3 Å². The maximum absolute atomic E-state index is 5.36. The maximum Gasteiger partial charge on any atom is 0.105 e.